The summed E-state index contributed by atoms with van der Waals surface area (Å²) in [6, 6.07) is 0. The van der Waals surface area contributed by atoms with Crippen LogP contribution in [0.4, 0.5) is 0 Å². The molecule has 1 aliphatic heterocycles. The van der Waals surface area contributed by atoms with Gasteiger partial charge in [-0.25, -0.2) is 0 Å². The fraction of sp³-hybridized carbons (Fsp3) is 0.625. The number of aliphatic carboxylic acids is 1. The van der Waals surface area contributed by atoms with Crippen LogP contribution in [0.25, 0.3) is 10.4 Å². The van der Waals surface area contributed by atoms with Gasteiger partial charge in [0.25, 0.3) is 0 Å². The number of nitrogens with zero attached hydrogens (tertiary/aromatic N) is 3. The molecule has 14 heavy (non-hydrogen) atoms. The first-order valence-electron chi connectivity index (χ1n) is 4.28. The smallest absolute Gasteiger partial charge is 0.317 e. The average molecular weight is 196 g/mol. The second kappa shape index (κ2) is 4.13. The van der Waals surface area contributed by atoms with Crippen molar-refractivity contribution in [1.29, 1.82) is 0 Å². The first-order chi connectivity index (χ1) is 6.67. The van der Waals surface area contributed by atoms with Gasteiger partial charge in [0.2, 0.25) is 0 Å². The molecule has 0 spiro atoms. The van der Waals surface area contributed by atoms with Gasteiger partial charge in [-0.3, -0.25) is 4.79 Å². The Kier molecular flexibility index (Phi) is 3.11. The Balaban J connectivity index is 3.00. The fourth-order valence-electron chi connectivity index (χ4n) is 1.72. The minimum absolute atomic E-state index is 0.185. The van der Waals surface area contributed by atoms with Crippen molar-refractivity contribution in [3.8, 4) is 0 Å². The Labute approximate surface area is 81.2 Å². The lowest BCUT2D eigenvalue weighted by atomic mass is 9.85. The predicted octanol–water partition coefficient (Wildman–Crippen LogP) is 0.916. The zero-order valence-corrected chi connectivity index (χ0v) is 7.68. The summed E-state index contributed by atoms with van der Waals surface area (Å²) in [5.41, 5.74) is 7.02. The number of carbonyl (C=O) groups is 1. The highest BCUT2D eigenvalue weighted by Gasteiger charge is 2.48. The van der Waals surface area contributed by atoms with Gasteiger partial charge < -0.3 is 10.4 Å². The summed E-state index contributed by atoms with van der Waals surface area (Å²) in [4.78, 5) is 13.7. The number of rotatable bonds is 4. The van der Waals surface area contributed by atoms with Crippen molar-refractivity contribution < 1.29 is 9.90 Å². The fourth-order valence-corrected chi connectivity index (χ4v) is 1.72. The van der Waals surface area contributed by atoms with E-state index < -0.39 is 11.5 Å². The number of hydrogen-bond donors (Lipinski definition) is 2. The monoisotopic (exact) mass is 196 g/mol. The van der Waals surface area contributed by atoms with Gasteiger partial charge in [0.05, 0.1) is 0 Å². The van der Waals surface area contributed by atoms with E-state index in [4.69, 9.17) is 10.6 Å². The lowest BCUT2D eigenvalue weighted by molar-refractivity contribution is -0.144. The molecule has 2 N–H and O–H groups in total. The Hall–Kier alpha value is -1.52. The summed E-state index contributed by atoms with van der Waals surface area (Å²) in [5, 5.41) is 15.4. The van der Waals surface area contributed by atoms with Crippen LogP contribution in [-0.2, 0) is 4.79 Å². The summed E-state index contributed by atoms with van der Waals surface area (Å²) in [7, 11) is 0. The summed E-state index contributed by atoms with van der Waals surface area (Å²) >= 11 is 0. The molecular weight excluding hydrogens is 184 g/mol. The maximum absolute atomic E-state index is 11.1. The van der Waals surface area contributed by atoms with Gasteiger partial charge >= 0.3 is 5.97 Å². The van der Waals surface area contributed by atoms with Gasteiger partial charge in [-0.05, 0) is 24.4 Å². The van der Waals surface area contributed by atoms with Gasteiger partial charge in [0.15, 0.2) is 5.54 Å². The van der Waals surface area contributed by atoms with Gasteiger partial charge in [0.1, 0.15) is 0 Å². The standard InChI is InChI=1S/C8H12N4O2/c1-2-3-6-4-10-5-8(6,7(13)14)11-12-9/h2,6,10H,1,3-5H2,(H,13,14)/t6-,8-/m0/s1. The molecule has 1 saturated heterocycles. The molecule has 6 heteroatoms. The third-order valence-electron chi connectivity index (χ3n) is 2.51. The number of carboxylic acid groups (broad SMARTS) is 1. The molecule has 1 heterocycles. The average Bonchev–Trinajstić information content (AvgIpc) is 2.51. The molecule has 1 rings (SSSR count). The van der Waals surface area contributed by atoms with Crippen LogP contribution >= 0.6 is 0 Å². The van der Waals surface area contributed by atoms with E-state index in [-0.39, 0.29) is 12.5 Å². The minimum Gasteiger partial charge on any atom is -0.481 e. The van der Waals surface area contributed by atoms with E-state index in [1.165, 1.54) is 0 Å². The number of allylic oxidation sites excluding steroid dienone is 1. The minimum atomic E-state index is -1.34. The van der Waals surface area contributed by atoms with Crippen LogP contribution < -0.4 is 5.32 Å². The van der Waals surface area contributed by atoms with E-state index in [0.717, 1.165) is 0 Å². The highest BCUT2D eigenvalue weighted by atomic mass is 16.4. The number of hydrogen-bond acceptors (Lipinski definition) is 3. The molecule has 0 saturated carbocycles. The molecule has 0 bridgehead atoms. The Morgan fingerprint density at radius 3 is 3.14 bits per heavy atom. The Morgan fingerprint density at radius 1 is 1.93 bits per heavy atom. The van der Waals surface area contributed by atoms with Gasteiger partial charge in [-0.2, -0.15) is 0 Å². The van der Waals surface area contributed by atoms with Crippen molar-refractivity contribution in [2.75, 3.05) is 13.1 Å². The third kappa shape index (κ3) is 1.57. The maximum atomic E-state index is 11.1. The van der Waals surface area contributed by atoms with Crippen LogP contribution in [0.5, 0.6) is 0 Å². The van der Waals surface area contributed by atoms with E-state index in [1.807, 2.05) is 0 Å². The van der Waals surface area contributed by atoms with E-state index in [2.05, 4.69) is 21.9 Å². The molecule has 0 aromatic heterocycles. The van der Waals surface area contributed by atoms with Crippen molar-refractivity contribution in [3.63, 3.8) is 0 Å². The van der Waals surface area contributed by atoms with E-state index >= 15 is 0 Å². The van der Waals surface area contributed by atoms with E-state index in [9.17, 15) is 4.79 Å². The molecule has 1 fully saturated rings. The van der Waals surface area contributed by atoms with Gasteiger partial charge in [-0.15, -0.1) is 6.58 Å². The van der Waals surface area contributed by atoms with Crippen molar-refractivity contribution in [3.05, 3.63) is 23.1 Å². The molecular formula is C8H12N4O2. The van der Waals surface area contributed by atoms with Gasteiger partial charge in [-0.1, -0.05) is 11.2 Å². The molecule has 6 nitrogen and oxygen atoms in total. The number of nitrogens with one attached hydrogen (secondary N) is 1. The molecule has 0 amide bonds. The van der Waals surface area contributed by atoms with E-state index in [0.29, 0.717) is 13.0 Å². The zero-order valence-electron chi connectivity index (χ0n) is 7.68. The first kappa shape index (κ1) is 10.6. The molecule has 0 aromatic rings. The second-order valence-electron chi connectivity index (χ2n) is 3.27. The molecule has 1 aliphatic rings. The van der Waals surface area contributed by atoms with Crippen LogP contribution in [0.1, 0.15) is 6.42 Å². The molecule has 2 atom stereocenters. The Morgan fingerprint density at radius 2 is 2.64 bits per heavy atom. The lowest BCUT2D eigenvalue weighted by Gasteiger charge is -2.23. The van der Waals surface area contributed by atoms with Crippen molar-refractivity contribution in [2.45, 2.75) is 12.0 Å². The summed E-state index contributed by atoms with van der Waals surface area (Å²) < 4.78 is 0. The van der Waals surface area contributed by atoms with Gasteiger partial charge in [0, 0.05) is 11.5 Å². The first-order valence-corrected chi connectivity index (χ1v) is 4.28. The molecule has 0 radical (unpaired) electrons. The summed E-state index contributed by atoms with van der Waals surface area (Å²) in [6.07, 6.45) is 2.17. The lowest BCUT2D eigenvalue weighted by Crippen LogP contribution is -2.43. The van der Waals surface area contributed by atoms with E-state index in [1.54, 1.807) is 6.08 Å². The number of azide groups is 1. The van der Waals surface area contributed by atoms with Crippen LogP contribution in [0.3, 0.4) is 0 Å². The summed E-state index contributed by atoms with van der Waals surface area (Å²) in [5.74, 6) is -1.29. The highest BCUT2D eigenvalue weighted by molar-refractivity contribution is 5.80. The maximum Gasteiger partial charge on any atom is 0.317 e. The molecule has 0 aromatic carbocycles. The summed E-state index contributed by atoms with van der Waals surface area (Å²) in [6.45, 7) is 4.28. The predicted molar refractivity (Wildman–Crippen MR) is 50.7 cm³/mol. The molecule has 0 unspecified atom stereocenters. The van der Waals surface area contributed by atoms with Crippen LogP contribution in [0.2, 0.25) is 0 Å². The van der Waals surface area contributed by atoms with Crippen molar-refractivity contribution in [1.82, 2.24) is 5.32 Å². The Bertz CT molecular complexity index is 294. The quantitative estimate of drug-likeness (QED) is 0.302. The van der Waals surface area contributed by atoms with Crippen molar-refractivity contribution >= 4 is 5.97 Å². The van der Waals surface area contributed by atoms with Crippen LogP contribution in [0, 0.1) is 5.92 Å². The van der Waals surface area contributed by atoms with Crippen molar-refractivity contribution in [2.24, 2.45) is 11.0 Å². The number of carboxylic acids is 1. The third-order valence-corrected chi connectivity index (χ3v) is 2.51. The van der Waals surface area contributed by atoms with Crippen LogP contribution in [-0.4, -0.2) is 29.7 Å². The second-order valence-corrected chi connectivity index (χ2v) is 3.27. The topological polar surface area (TPSA) is 98.1 Å². The zero-order chi connectivity index (χ0) is 10.6. The van der Waals surface area contributed by atoms with Crippen LogP contribution in [0.15, 0.2) is 17.8 Å². The molecule has 0 aliphatic carbocycles. The largest absolute Gasteiger partial charge is 0.481 e. The highest BCUT2D eigenvalue weighted by Crippen LogP contribution is 2.30. The molecule has 76 valence electrons. The normalized spacial score (nSPS) is 30.7. The SMILES string of the molecule is C=CC[C@H]1CNC[C@@]1(N=[N+]=[N-])C(=O)O.